The molecule has 1 rings (SSSR count). The lowest BCUT2D eigenvalue weighted by atomic mass is 10.3. The minimum atomic E-state index is 0.479. The van der Waals surface area contributed by atoms with Gasteiger partial charge in [0.1, 0.15) is 6.61 Å². The number of nitrogens with one attached hydrogen (secondary N) is 1. The zero-order valence-electron chi connectivity index (χ0n) is 11.0. The fourth-order valence-electron chi connectivity index (χ4n) is 1.64. The van der Waals surface area contributed by atoms with Gasteiger partial charge in [-0.3, -0.25) is 0 Å². The zero-order chi connectivity index (χ0) is 12.5. The van der Waals surface area contributed by atoms with Gasteiger partial charge in [0.25, 0.3) is 0 Å². The molecule has 0 amide bonds. The summed E-state index contributed by atoms with van der Waals surface area (Å²) in [5.74, 6) is 0.771. The lowest BCUT2D eigenvalue weighted by Gasteiger charge is -2.17. The van der Waals surface area contributed by atoms with Gasteiger partial charge in [-0.1, -0.05) is 19.0 Å². The summed E-state index contributed by atoms with van der Waals surface area (Å²) < 4.78 is 10.1. The van der Waals surface area contributed by atoms with Gasteiger partial charge in [0, 0.05) is 32.8 Å². The Balaban J connectivity index is 2.17. The SMILES string of the molecule is CCN(CC)CCNCc1cc(COC)on1. The van der Waals surface area contributed by atoms with E-state index < -0.39 is 0 Å². The summed E-state index contributed by atoms with van der Waals surface area (Å²) in [6.07, 6.45) is 0. The first-order valence-corrected chi connectivity index (χ1v) is 6.16. The van der Waals surface area contributed by atoms with Crippen LogP contribution in [0.1, 0.15) is 25.3 Å². The molecule has 0 aliphatic heterocycles. The fraction of sp³-hybridized carbons (Fsp3) is 0.750. The van der Waals surface area contributed by atoms with Gasteiger partial charge in [-0.05, 0) is 13.1 Å². The summed E-state index contributed by atoms with van der Waals surface area (Å²) >= 11 is 0. The molecular formula is C12H23N3O2. The van der Waals surface area contributed by atoms with Crippen molar-refractivity contribution in [3.8, 4) is 0 Å². The third kappa shape index (κ3) is 5.30. The average molecular weight is 241 g/mol. The molecule has 0 saturated heterocycles. The molecule has 0 saturated carbocycles. The van der Waals surface area contributed by atoms with Crippen molar-refractivity contribution in [1.82, 2.24) is 15.4 Å². The molecule has 17 heavy (non-hydrogen) atoms. The summed E-state index contributed by atoms with van der Waals surface area (Å²) in [6, 6.07) is 1.92. The predicted molar refractivity (Wildman–Crippen MR) is 66.7 cm³/mol. The van der Waals surface area contributed by atoms with Crippen LogP contribution in [0.15, 0.2) is 10.6 Å². The van der Waals surface area contributed by atoms with Gasteiger partial charge in [-0.2, -0.15) is 0 Å². The van der Waals surface area contributed by atoms with Gasteiger partial charge < -0.3 is 19.5 Å². The number of likely N-dealkylation sites (N-methyl/N-ethyl adjacent to an activating group) is 1. The third-order valence-corrected chi connectivity index (χ3v) is 2.70. The second kappa shape index (κ2) is 8.22. The van der Waals surface area contributed by atoms with Crippen LogP contribution in [0.2, 0.25) is 0 Å². The van der Waals surface area contributed by atoms with Crippen molar-refractivity contribution in [2.45, 2.75) is 27.0 Å². The monoisotopic (exact) mass is 241 g/mol. The minimum absolute atomic E-state index is 0.479. The first-order valence-electron chi connectivity index (χ1n) is 6.16. The second-order valence-corrected chi connectivity index (χ2v) is 3.92. The molecule has 0 fully saturated rings. The first-order chi connectivity index (χ1) is 8.30. The van der Waals surface area contributed by atoms with Crippen molar-refractivity contribution in [3.63, 3.8) is 0 Å². The van der Waals surface area contributed by atoms with E-state index in [2.05, 4.69) is 29.2 Å². The van der Waals surface area contributed by atoms with E-state index in [4.69, 9.17) is 9.26 Å². The fourth-order valence-corrected chi connectivity index (χ4v) is 1.64. The molecule has 1 aromatic rings. The maximum absolute atomic E-state index is 5.10. The lowest BCUT2D eigenvalue weighted by molar-refractivity contribution is 0.155. The van der Waals surface area contributed by atoms with Crippen LogP contribution in [0.25, 0.3) is 0 Å². The summed E-state index contributed by atoms with van der Waals surface area (Å²) in [5.41, 5.74) is 0.927. The number of hydrogen-bond acceptors (Lipinski definition) is 5. The topological polar surface area (TPSA) is 50.5 Å². The lowest BCUT2D eigenvalue weighted by Crippen LogP contribution is -2.31. The van der Waals surface area contributed by atoms with E-state index in [1.54, 1.807) is 7.11 Å². The van der Waals surface area contributed by atoms with Crippen molar-refractivity contribution >= 4 is 0 Å². The largest absolute Gasteiger partial charge is 0.377 e. The molecule has 0 aliphatic carbocycles. The molecule has 5 nitrogen and oxygen atoms in total. The van der Waals surface area contributed by atoms with Gasteiger partial charge in [0.05, 0.1) is 5.69 Å². The van der Waals surface area contributed by atoms with Crippen LogP contribution >= 0.6 is 0 Å². The smallest absolute Gasteiger partial charge is 0.162 e. The number of aromatic nitrogens is 1. The van der Waals surface area contributed by atoms with Crippen LogP contribution in [0.3, 0.4) is 0 Å². The molecule has 5 heteroatoms. The highest BCUT2D eigenvalue weighted by molar-refractivity contribution is 5.04. The van der Waals surface area contributed by atoms with Crippen LogP contribution in [0.5, 0.6) is 0 Å². The third-order valence-electron chi connectivity index (χ3n) is 2.70. The Morgan fingerprint density at radius 1 is 1.41 bits per heavy atom. The van der Waals surface area contributed by atoms with Crippen LogP contribution in [-0.2, 0) is 17.9 Å². The molecule has 0 spiro atoms. The van der Waals surface area contributed by atoms with E-state index in [1.165, 1.54) is 0 Å². The highest BCUT2D eigenvalue weighted by Gasteiger charge is 2.03. The van der Waals surface area contributed by atoms with Gasteiger partial charge in [-0.15, -0.1) is 0 Å². The number of nitrogens with zero attached hydrogens (tertiary/aromatic N) is 2. The molecule has 1 aromatic heterocycles. The highest BCUT2D eigenvalue weighted by Crippen LogP contribution is 2.04. The quantitative estimate of drug-likeness (QED) is 0.659. The summed E-state index contributed by atoms with van der Waals surface area (Å²) in [4.78, 5) is 2.38. The Morgan fingerprint density at radius 3 is 2.82 bits per heavy atom. The molecule has 0 unspecified atom stereocenters. The molecule has 0 atom stereocenters. The summed E-state index contributed by atoms with van der Waals surface area (Å²) in [6.45, 7) is 9.81. The molecule has 0 aromatic carbocycles. The van der Waals surface area contributed by atoms with Gasteiger partial charge in [0.2, 0.25) is 0 Å². The van der Waals surface area contributed by atoms with Crippen LogP contribution in [0.4, 0.5) is 0 Å². The number of ether oxygens (including phenoxy) is 1. The minimum Gasteiger partial charge on any atom is -0.377 e. The zero-order valence-corrected chi connectivity index (χ0v) is 11.0. The van der Waals surface area contributed by atoms with Crippen molar-refractivity contribution in [2.24, 2.45) is 0 Å². The molecule has 1 heterocycles. The Kier molecular flexibility index (Phi) is 6.84. The van der Waals surface area contributed by atoms with Crippen LogP contribution in [0, 0.1) is 0 Å². The van der Waals surface area contributed by atoms with Gasteiger partial charge in [-0.25, -0.2) is 0 Å². The molecule has 0 aliphatic rings. The van der Waals surface area contributed by atoms with Crippen molar-refractivity contribution in [1.29, 1.82) is 0 Å². The standard InChI is InChI=1S/C12H23N3O2/c1-4-15(5-2)7-6-13-9-11-8-12(10-16-3)17-14-11/h8,13H,4-7,9-10H2,1-3H3. The van der Waals surface area contributed by atoms with E-state index in [-0.39, 0.29) is 0 Å². The normalized spacial score (nSPS) is 11.3. The Morgan fingerprint density at radius 2 is 2.18 bits per heavy atom. The van der Waals surface area contributed by atoms with Crippen molar-refractivity contribution in [3.05, 3.63) is 17.5 Å². The van der Waals surface area contributed by atoms with Gasteiger partial charge in [0.15, 0.2) is 5.76 Å². The van der Waals surface area contributed by atoms with Crippen molar-refractivity contribution < 1.29 is 9.26 Å². The summed E-state index contributed by atoms with van der Waals surface area (Å²) in [5, 5.41) is 7.31. The van der Waals surface area contributed by atoms with Crippen molar-refractivity contribution in [2.75, 3.05) is 33.3 Å². The average Bonchev–Trinajstić information content (AvgIpc) is 2.78. The number of hydrogen-bond donors (Lipinski definition) is 1. The summed E-state index contributed by atoms with van der Waals surface area (Å²) in [7, 11) is 1.64. The molecule has 1 N–H and O–H groups in total. The van der Waals surface area contributed by atoms with E-state index in [0.717, 1.165) is 44.2 Å². The van der Waals surface area contributed by atoms with E-state index in [9.17, 15) is 0 Å². The molecular weight excluding hydrogens is 218 g/mol. The number of methoxy groups -OCH3 is 1. The maximum Gasteiger partial charge on any atom is 0.162 e. The first kappa shape index (κ1) is 14.2. The van der Waals surface area contributed by atoms with E-state index in [0.29, 0.717) is 6.61 Å². The van der Waals surface area contributed by atoms with Gasteiger partial charge >= 0.3 is 0 Å². The molecule has 0 radical (unpaired) electrons. The maximum atomic E-state index is 5.10. The Labute approximate surface area is 103 Å². The second-order valence-electron chi connectivity index (χ2n) is 3.92. The molecule has 0 bridgehead atoms. The Bertz CT molecular complexity index is 298. The Hall–Kier alpha value is -0.910. The highest BCUT2D eigenvalue weighted by atomic mass is 16.5. The van der Waals surface area contributed by atoms with E-state index >= 15 is 0 Å². The van der Waals surface area contributed by atoms with Crippen LogP contribution < -0.4 is 5.32 Å². The van der Waals surface area contributed by atoms with Crippen LogP contribution in [-0.4, -0.2) is 43.3 Å². The predicted octanol–water partition coefficient (Wildman–Crippen LogP) is 1.25. The molecule has 98 valence electrons. The number of rotatable bonds is 9. The van der Waals surface area contributed by atoms with E-state index in [1.807, 2.05) is 6.07 Å².